The minimum absolute atomic E-state index is 0.248. The van der Waals surface area contributed by atoms with Gasteiger partial charge in [0.15, 0.2) is 17.5 Å². The molecule has 3 heterocycles. The summed E-state index contributed by atoms with van der Waals surface area (Å²) in [7, 11) is 0. The van der Waals surface area contributed by atoms with Crippen molar-refractivity contribution in [1.29, 1.82) is 0 Å². The molecule has 2 aromatic heterocycles. The quantitative estimate of drug-likeness (QED) is 0.683. The van der Waals surface area contributed by atoms with E-state index in [-0.39, 0.29) is 6.04 Å². The molecule has 1 saturated heterocycles. The van der Waals surface area contributed by atoms with Crippen molar-refractivity contribution in [3.63, 3.8) is 0 Å². The van der Waals surface area contributed by atoms with Crippen LogP contribution in [0.25, 0.3) is 5.82 Å². The topological polar surface area (TPSA) is 46.8 Å². The normalized spacial score (nSPS) is 16.0. The summed E-state index contributed by atoms with van der Waals surface area (Å²) in [6.07, 6.45) is 6.13. The molecule has 1 aliphatic rings. The minimum atomic E-state index is 0.248. The van der Waals surface area contributed by atoms with Gasteiger partial charge in [0.2, 0.25) is 0 Å². The van der Waals surface area contributed by atoms with Gasteiger partial charge in [0.25, 0.3) is 0 Å². The van der Waals surface area contributed by atoms with Crippen LogP contribution in [0.5, 0.6) is 0 Å². The van der Waals surface area contributed by atoms with E-state index >= 15 is 0 Å². The highest BCUT2D eigenvalue weighted by atomic mass is 15.4. The minimum Gasteiger partial charge on any atom is -0.294 e. The van der Waals surface area contributed by atoms with E-state index in [2.05, 4.69) is 41.1 Å². The van der Waals surface area contributed by atoms with Gasteiger partial charge < -0.3 is 0 Å². The van der Waals surface area contributed by atoms with Gasteiger partial charge >= 0.3 is 0 Å². The average Bonchev–Trinajstić information content (AvgIpc) is 3.38. The number of rotatable bonds is 6. The van der Waals surface area contributed by atoms with Gasteiger partial charge in [-0.2, -0.15) is 4.68 Å². The lowest BCUT2D eigenvalue weighted by Gasteiger charge is -2.22. The molecule has 0 bridgehead atoms. The molecule has 5 heteroatoms. The molecule has 0 saturated carbocycles. The Balaban J connectivity index is 1.61. The van der Waals surface area contributed by atoms with E-state index in [4.69, 9.17) is 10.1 Å². The van der Waals surface area contributed by atoms with Gasteiger partial charge in [-0.15, -0.1) is 5.10 Å². The van der Waals surface area contributed by atoms with E-state index < -0.39 is 0 Å². The zero-order chi connectivity index (χ0) is 17.8. The van der Waals surface area contributed by atoms with E-state index in [0.29, 0.717) is 0 Å². The van der Waals surface area contributed by atoms with Crippen LogP contribution in [0.15, 0.2) is 54.7 Å². The summed E-state index contributed by atoms with van der Waals surface area (Å²) in [5, 5.41) is 4.80. The molecule has 0 aliphatic carbocycles. The maximum Gasteiger partial charge on any atom is 0.155 e. The molecule has 0 N–H and O–H groups in total. The van der Waals surface area contributed by atoms with Crippen LogP contribution in [0.1, 0.15) is 43.0 Å². The molecule has 4 rings (SSSR count). The number of aromatic nitrogens is 4. The predicted octanol–water partition coefficient (Wildman–Crippen LogP) is 3.60. The number of aryl methyl sites for hydroxylation is 2. The van der Waals surface area contributed by atoms with Crippen LogP contribution in [-0.4, -0.2) is 37.7 Å². The first-order valence-corrected chi connectivity index (χ1v) is 9.46. The Morgan fingerprint density at radius 1 is 0.962 bits per heavy atom. The van der Waals surface area contributed by atoms with Crippen LogP contribution < -0.4 is 0 Å². The SMILES string of the molecule is CC(c1nc(CCc2ccccc2)nn1-c1ccccn1)N1CCCC1. The van der Waals surface area contributed by atoms with Crippen molar-refractivity contribution in [2.45, 2.75) is 38.6 Å². The Kier molecular flexibility index (Phi) is 5.07. The fraction of sp³-hybridized carbons (Fsp3) is 0.381. The van der Waals surface area contributed by atoms with Crippen molar-refractivity contribution in [3.05, 3.63) is 71.9 Å². The lowest BCUT2D eigenvalue weighted by atomic mass is 10.1. The molecule has 1 unspecified atom stereocenters. The molecule has 0 amide bonds. The van der Waals surface area contributed by atoms with Crippen molar-refractivity contribution >= 4 is 0 Å². The molecular weight excluding hydrogens is 322 g/mol. The standard InChI is InChI=1S/C21H25N5/c1-17(25-15-7-8-16-25)21-23-19(13-12-18-9-3-2-4-10-18)24-26(21)20-11-5-6-14-22-20/h2-6,9-11,14,17H,7-8,12-13,15-16H2,1H3. The van der Waals surface area contributed by atoms with Crippen molar-refractivity contribution in [1.82, 2.24) is 24.6 Å². The lowest BCUT2D eigenvalue weighted by Crippen LogP contribution is -2.26. The van der Waals surface area contributed by atoms with Crippen LogP contribution in [0.4, 0.5) is 0 Å². The molecule has 3 aromatic rings. The number of hydrogen-bond donors (Lipinski definition) is 0. The van der Waals surface area contributed by atoms with Crippen molar-refractivity contribution in [2.75, 3.05) is 13.1 Å². The summed E-state index contributed by atoms with van der Waals surface area (Å²) in [6, 6.07) is 16.7. The van der Waals surface area contributed by atoms with E-state index in [1.807, 2.05) is 35.1 Å². The number of nitrogens with zero attached hydrogens (tertiary/aromatic N) is 5. The monoisotopic (exact) mass is 347 g/mol. The largest absolute Gasteiger partial charge is 0.294 e. The molecule has 26 heavy (non-hydrogen) atoms. The van der Waals surface area contributed by atoms with Gasteiger partial charge in [-0.3, -0.25) is 4.90 Å². The lowest BCUT2D eigenvalue weighted by molar-refractivity contribution is 0.250. The van der Waals surface area contributed by atoms with Crippen LogP contribution >= 0.6 is 0 Å². The van der Waals surface area contributed by atoms with Gasteiger partial charge in [-0.25, -0.2) is 9.97 Å². The van der Waals surface area contributed by atoms with E-state index in [1.165, 1.54) is 18.4 Å². The number of benzene rings is 1. The second-order valence-electron chi connectivity index (χ2n) is 6.89. The predicted molar refractivity (Wildman–Crippen MR) is 102 cm³/mol. The second kappa shape index (κ2) is 7.79. The van der Waals surface area contributed by atoms with Crippen molar-refractivity contribution < 1.29 is 0 Å². The fourth-order valence-electron chi connectivity index (χ4n) is 3.59. The van der Waals surface area contributed by atoms with Crippen LogP contribution in [0.3, 0.4) is 0 Å². The van der Waals surface area contributed by atoms with E-state index in [0.717, 1.165) is 43.4 Å². The number of hydrogen-bond acceptors (Lipinski definition) is 4. The highest BCUT2D eigenvalue weighted by Gasteiger charge is 2.25. The summed E-state index contributed by atoms with van der Waals surface area (Å²) in [5.41, 5.74) is 1.32. The van der Waals surface area contributed by atoms with Gasteiger partial charge in [0.1, 0.15) is 0 Å². The molecule has 1 aromatic carbocycles. The fourth-order valence-corrected chi connectivity index (χ4v) is 3.59. The number of pyridine rings is 1. The summed E-state index contributed by atoms with van der Waals surface area (Å²) in [6.45, 7) is 4.50. The molecule has 5 nitrogen and oxygen atoms in total. The molecule has 134 valence electrons. The first-order valence-electron chi connectivity index (χ1n) is 9.46. The van der Waals surface area contributed by atoms with Crippen molar-refractivity contribution in [2.24, 2.45) is 0 Å². The van der Waals surface area contributed by atoms with E-state index in [1.54, 1.807) is 0 Å². The molecule has 1 atom stereocenters. The molecule has 1 aliphatic heterocycles. The van der Waals surface area contributed by atoms with Crippen LogP contribution in [0, 0.1) is 0 Å². The maximum atomic E-state index is 4.92. The van der Waals surface area contributed by atoms with Gasteiger partial charge in [0, 0.05) is 12.6 Å². The van der Waals surface area contributed by atoms with Crippen LogP contribution in [0.2, 0.25) is 0 Å². The molecule has 0 spiro atoms. The second-order valence-corrected chi connectivity index (χ2v) is 6.89. The third-order valence-electron chi connectivity index (χ3n) is 5.08. The van der Waals surface area contributed by atoms with Crippen molar-refractivity contribution in [3.8, 4) is 5.82 Å². The van der Waals surface area contributed by atoms with Gasteiger partial charge in [-0.05, 0) is 57.0 Å². The Bertz CT molecular complexity index is 822. The average molecular weight is 347 g/mol. The maximum absolute atomic E-state index is 4.92. The first-order chi connectivity index (χ1) is 12.8. The summed E-state index contributed by atoms with van der Waals surface area (Å²) < 4.78 is 1.93. The number of likely N-dealkylation sites (tertiary alicyclic amines) is 1. The van der Waals surface area contributed by atoms with Gasteiger partial charge in [0.05, 0.1) is 6.04 Å². The highest BCUT2D eigenvalue weighted by Crippen LogP contribution is 2.25. The Morgan fingerprint density at radius 2 is 1.73 bits per heavy atom. The smallest absolute Gasteiger partial charge is 0.155 e. The van der Waals surface area contributed by atoms with Crippen LogP contribution in [-0.2, 0) is 12.8 Å². The third-order valence-corrected chi connectivity index (χ3v) is 5.08. The third kappa shape index (κ3) is 3.68. The molecule has 0 radical (unpaired) electrons. The van der Waals surface area contributed by atoms with E-state index in [9.17, 15) is 0 Å². The Morgan fingerprint density at radius 3 is 2.46 bits per heavy atom. The zero-order valence-electron chi connectivity index (χ0n) is 15.3. The first kappa shape index (κ1) is 16.9. The zero-order valence-corrected chi connectivity index (χ0v) is 15.3. The Hall–Kier alpha value is -2.53. The Labute approximate surface area is 154 Å². The van der Waals surface area contributed by atoms with Gasteiger partial charge in [-0.1, -0.05) is 36.4 Å². The summed E-state index contributed by atoms with van der Waals surface area (Å²) >= 11 is 0. The highest BCUT2D eigenvalue weighted by molar-refractivity contribution is 5.23. The summed E-state index contributed by atoms with van der Waals surface area (Å²) in [5.74, 6) is 2.72. The molecule has 1 fully saturated rings. The summed E-state index contributed by atoms with van der Waals surface area (Å²) in [4.78, 5) is 11.9. The molecular formula is C21H25N5.